The summed E-state index contributed by atoms with van der Waals surface area (Å²) < 4.78 is 4.84. The number of piperazine rings is 1. The average Bonchev–Trinajstić information content (AvgIpc) is 2.91. The van der Waals surface area contributed by atoms with Crippen LogP contribution in [0.2, 0.25) is 0 Å². The molecule has 1 fully saturated rings. The number of carbonyl (C=O) groups is 1. The van der Waals surface area contributed by atoms with E-state index >= 15 is 0 Å². The molecule has 6 nitrogen and oxygen atoms in total. The molecule has 2 heterocycles. The van der Waals surface area contributed by atoms with Crippen LogP contribution in [0.1, 0.15) is 33.4 Å². The van der Waals surface area contributed by atoms with Crippen LogP contribution in [-0.4, -0.2) is 53.2 Å². The minimum atomic E-state index is 0.0403. The van der Waals surface area contributed by atoms with Gasteiger partial charge in [0.2, 0.25) is 0 Å². The highest BCUT2D eigenvalue weighted by molar-refractivity contribution is 5.74. The van der Waals surface area contributed by atoms with E-state index in [0.29, 0.717) is 0 Å². The first kappa shape index (κ1) is 15.8. The lowest BCUT2D eigenvalue weighted by Crippen LogP contribution is -2.54. The van der Waals surface area contributed by atoms with Crippen LogP contribution in [0.3, 0.4) is 0 Å². The van der Waals surface area contributed by atoms with Gasteiger partial charge < -0.3 is 14.7 Å². The van der Waals surface area contributed by atoms with Gasteiger partial charge in [-0.25, -0.2) is 4.79 Å². The summed E-state index contributed by atoms with van der Waals surface area (Å²) in [6.07, 6.45) is 1.59. The fraction of sp³-hybridized carbons (Fsp3) is 0.733. The number of urea groups is 1. The molecule has 1 N–H and O–H groups in total. The number of hydrogen-bond acceptors (Lipinski definition) is 4. The zero-order chi connectivity index (χ0) is 15.5. The molecule has 1 aromatic rings. The van der Waals surface area contributed by atoms with Crippen LogP contribution in [0, 0.1) is 5.41 Å². The van der Waals surface area contributed by atoms with Crippen LogP contribution >= 0.6 is 0 Å². The molecule has 2 amide bonds. The van der Waals surface area contributed by atoms with Crippen LogP contribution in [0.15, 0.2) is 16.9 Å². The maximum Gasteiger partial charge on any atom is 0.317 e. The summed E-state index contributed by atoms with van der Waals surface area (Å²) in [5.74, 6) is 0. The molecule has 0 spiro atoms. The fourth-order valence-electron chi connectivity index (χ4n) is 2.15. The van der Waals surface area contributed by atoms with Crippen molar-refractivity contribution in [3.8, 4) is 0 Å². The molecule has 0 radical (unpaired) electrons. The molecule has 0 bridgehead atoms. The lowest BCUT2D eigenvalue weighted by molar-refractivity contribution is 0.127. The summed E-state index contributed by atoms with van der Waals surface area (Å²) in [4.78, 5) is 16.4. The summed E-state index contributed by atoms with van der Waals surface area (Å²) in [6, 6.07) is 2.07. The number of rotatable bonds is 3. The third kappa shape index (κ3) is 4.46. The van der Waals surface area contributed by atoms with Crippen molar-refractivity contribution in [1.82, 2.24) is 20.3 Å². The molecule has 0 aliphatic carbocycles. The van der Waals surface area contributed by atoms with Gasteiger partial charge in [-0.15, -0.1) is 0 Å². The van der Waals surface area contributed by atoms with Crippen LogP contribution in [0.5, 0.6) is 0 Å². The Morgan fingerprint density at radius 2 is 2.05 bits per heavy atom. The Labute approximate surface area is 126 Å². The smallest absolute Gasteiger partial charge is 0.317 e. The Balaban J connectivity index is 1.77. The third-order valence-electron chi connectivity index (χ3n) is 4.18. The molecule has 0 aromatic carbocycles. The topological polar surface area (TPSA) is 61.6 Å². The zero-order valence-electron chi connectivity index (χ0n) is 13.4. The maximum atomic E-state index is 12.2. The van der Waals surface area contributed by atoms with Gasteiger partial charge in [-0.2, -0.15) is 0 Å². The minimum absolute atomic E-state index is 0.0403. The van der Waals surface area contributed by atoms with E-state index in [0.717, 1.165) is 38.4 Å². The summed E-state index contributed by atoms with van der Waals surface area (Å²) in [5, 5.41) is 7.01. The molecule has 118 valence electrons. The van der Waals surface area contributed by atoms with Crippen LogP contribution in [0.25, 0.3) is 0 Å². The summed E-state index contributed by atoms with van der Waals surface area (Å²) in [6.45, 7) is 12.5. The molecule has 1 aliphatic rings. The first-order valence-electron chi connectivity index (χ1n) is 7.53. The standard InChI is InChI=1S/C15H26N4O2/c1-12(15(2,3)4)16-14(20)19-8-6-18(7-9-19)11-13-5-10-21-17-13/h5,10,12H,6-9,11H2,1-4H3,(H,16,20). The molecule has 1 atom stereocenters. The molecule has 21 heavy (non-hydrogen) atoms. The van der Waals surface area contributed by atoms with Crippen molar-refractivity contribution in [3.05, 3.63) is 18.0 Å². The van der Waals surface area contributed by atoms with Crippen LogP contribution in [0.4, 0.5) is 4.79 Å². The van der Waals surface area contributed by atoms with E-state index in [1.165, 1.54) is 0 Å². The second kappa shape index (κ2) is 6.47. The van der Waals surface area contributed by atoms with Gasteiger partial charge >= 0.3 is 6.03 Å². The van der Waals surface area contributed by atoms with Crippen molar-refractivity contribution in [2.75, 3.05) is 26.2 Å². The summed E-state index contributed by atoms with van der Waals surface area (Å²) >= 11 is 0. The molecule has 1 saturated heterocycles. The van der Waals surface area contributed by atoms with Crippen LogP contribution in [-0.2, 0) is 6.54 Å². The van der Waals surface area contributed by atoms with Gasteiger partial charge in [0.1, 0.15) is 6.26 Å². The van der Waals surface area contributed by atoms with Gasteiger partial charge in [0.05, 0.1) is 5.69 Å². The van der Waals surface area contributed by atoms with E-state index in [1.54, 1.807) is 6.26 Å². The van der Waals surface area contributed by atoms with E-state index in [2.05, 4.69) is 43.1 Å². The van der Waals surface area contributed by atoms with Crippen molar-refractivity contribution < 1.29 is 9.32 Å². The number of nitrogens with zero attached hydrogens (tertiary/aromatic N) is 3. The average molecular weight is 294 g/mol. The number of aromatic nitrogens is 1. The van der Waals surface area contributed by atoms with Crippen molar-refractivity contribution in [3.63, 3.8) is 0 Å². The lowest BCUT2D eigenvalue weighted by Gasteiger charge is -2.36. The summed E-state index contributed by atoms with van der Waals surface area (Å²) in [7, 11) is 0. The first-order chi connectivity index (χ1) is 9.86. The molecule has 1 aromatic heterocycles. The molecular formula is C15H26N4O2. The SMILES string of the molecule is CC(NC(=O)N1CCN(Cc2ccon2)CC1)C(C)(C)C. The van der Waals surface area contributed by atoms with Crippen molar-refractivity contribution in [1.29, 1.82) is 0 Å². The molecule has 1 aliphatic heterocycles. The Kier molecular flexibility index (Phi) is 4.88. The monoisotopic (exact) mass is 294 g/mol. The van der Waals surface area contributed by atoms with E-state index < -0.39 is 0 Å². The van der Waals surface area contributed by atoms with Gasteiger partial charge in [0, 0.05) is 44.8 Å². The second-order valence-electron chi connectivity index (χ2n) is 6.79. The van der Waals surface area contributed by atoms with Crippen molar-refractivity contribution in [2.45, 2.75) is 40.3 Å². The maximum absolute atomic E-state index is 12.2. The van der Waals surface area contributed by atoms with Crippen molar-refractivity contribution >= 4 is 6.03 Å². The number of carbonyl (C=O) groups excluding carboxylic acids is 1. The van der Waals surface area contributed by atoms with Crippen LogP contribution < -0.4 is 5.32 Å². The Morgan fingerprint density at radius 1 is 1.38 bits per heavy atom. The molecular weight excluding hydrogens is 268 g/mol. The fourth-order valence-corrected chi connectivity index (χ4v) is 2.15. The predicted molar refractivity (Wildman–Crippen MR) is 80.8 cm³/mol. The first-order valence-corrected chi connectivity index (χ1v) is 7.53. The Bertz CT molecular complexity index is 445. The molecule has 0 saturated carbocycles. The largest absolute Gasteiger partial charge is 0.364 e. The molecule has 1 unspecified atom stereocenters. The third-order valence-corrected chi connectivity index (χ3v) is 4.18. The van der Waals surface area contributed by atoms with E-state index in [4.69, 9.17) is 4.52 Å². The van der Waals surface area contributed by atoms with E-state index in [-0.39, 0.29) is 17.5 Å². The van der Waals surface area contributed by atoms with E-state index in [9.17, 15) is 4.79 Å². The zero-order valence-corrected chi connectivity index (χ0v) is 13.4. The lowest BCUT2D eigenvalue weighted by atomic mass is 9.88. The molecule has 6 heteroatoms. The highest BCUT2D eigenvalue weighted by Crippen LogP contribution is 2.18. The second-order valence-corrected chi connectivity index (χ2v) is 6.79. The summed E-state index contributed by atoms with van der Waals surface area (Å²) in [5.41, 5.74) is 1.01. The van der Waals surface area contributed by atoms with E-state index in [1.807, 2.05) is 11.0 Å². The Morgan fingerprint density at radius 3 is 2.57 bits per heavy atom. The quantitative estimate of drug-likeness (QED) is 0.925. The van der Waals surface area contributed by atoms with Gasteiger partial charge in [0.25, 0.3) is 0 Å². The minimum Gasteiger partial charge on any atom is -0.364 e. The van der Waals surface area contributed by atoms with Gasteiger partial charge in [-0.05, 0) is 12.3 Å². The van der Waals surface area contributed by atoms with Crippen molar-refractivity contribution in [2.24, 2.45) is 5.41 Å². The predicted octanol–water partition coefficient (Wildman–Crippen LogP) is 1.94. The van der Waals surface area contributed by atoms with Gasteiger partial charge in [0.15, 0.2) is 0 Å². The highest BCUT2D eigenvalue weighted by atomic mass is 16.5. The number of hydrogen-bond donors (Lipinski definition) is 1. The number of nitrogens with one attached hydrogen (secondary N) is 1. The van der Waals surface area contributed by atoms with Gasteiger partial charge in [-0.3, -0.25) is 4.90 Å². The number of amides is 2. The van der Waals surface area contributed by atoms with Gasteiger partial charge in [-0.1, -0.05) is 25.9 Å². The normalized spacial score (nSPS) is 18.6. The molecule has 2 rings (SSSR count). The highest BCUT2D eigenvalue weighted by Gasteiger charge is 2.26. The Hall–Kier alpha value is -1.56.